The minimum Gasteiger partial charge on any atom is -0.382 e. The number of amides is 1. The topological polar surface area (TPSA) is 62.5 Å². The molecule has 2 heterocycles. The average molecular weight is 308 g/mol. The molecule has 0 bridgehead atoms. The fraction of sp³-hybridized carbons (Fsp3) is 0.733. The van der Waals surface area contributed by atoms with E-state index < -0.39 is 0 Å². The van der Waals surface area contributed by atoms with Crippen molar-refractivity contribution >= 4 is 28.2 Å². The summed E-state index contributed by atoms with van der Waals surface area (Å²) in [7, 11) is 1.90. The summed E-state index contributed by atoms with van der Waals surface area (Å²) in [4.78, 5) is 21.8. The summed E-state index contributed by atoms with van der Waals surface area (Å²) >= 11 is 1.46. The molecule has 3 rings (SSSR count). The van der Waals surface area contributed by atoms with Gasteiger partial charge in [0.05, 0.1) is 0 Å². The molecule has 0 spiro atoms. The van der Waals surface area contributed by atoms with E-state index in [9.17, 15) is 4.79 Å². The molecule has 2 N–H and O–H groups in total. The lowest BCUT2D eigenvalue weighted by Crippen LogP contribution is -2.35. The fourth-order valence-corrected chi connectivity index (χ4v) is 4.33. The van der Waals surface area contributed by atoms with Crippen molar-refractivity contribution in [2.45, 2.75) is 51.0 Å². The lowest BCUT2D eigenvalue weighted by molar-refractivity contribution is 0.0741. The van der Waals surface area contributed by atoms with Gasteiger partial charge < -0.3 is 15.5 Å². The quantitative estimate of drug-likeness (QED) is 0.932. The Kier molecular flexibility index (Phi) is 4.33. The van der Waals surface area contributed by atoms with Crippen molar-refractivity contribution < 1.29 is 4.79 Å². The number of aromatic nitrogens is 1. The second-order valence-corrected chi connectivity index (χ2v) is 7.09. The third-order valence-electron chi connectivity index (χ3n) is 4.66. The highest BCUT2D eigenvalue weighted by molar-refractivity contribution is 7.18. The highest BCUT2D eigenvalue weighted by atomic mass is 32.1. The molecule has 1 saturated carbocycles. The molecule has 1 aliphatic carbocycles. The minimum absolute atomic E-state index is 0.0418. The van der Waals surface area contributed by atoms with Crippen molar-refractivity contribution in [2.75, 3.05) is 30.8 Å². The van der Waals surface area contributed by atoms with Crippen molar-refractivity contribution in [1.29, 1.82) is 0 Å². The standard InChI is InChI=1S/C15H24N4OS/c1-18(11-7-3-4-8-11)14(20)12-13(16)17-15(21-12)19-9-5-2-6-10-19/h11H,2-10,16H2,1H3. The average Bonchev–Trinajstić information content (AvgIpc) is 3.16. The van der Waals surface area contributed by atoms with Crippen molar-refractivity contribution in [3.63, 3.8) is 0 Å². The number of nitrogens with two attached hydrogens (primary N) is 1. The normalized spacial score (nSPS) is 20.0. The van der Waals surface area contributed by atoms with E-state index in [1.807, 2.05) is 11.9 Å². The Bertz CT molecular complexity index is 504. The van der Waals surface area contributed by atoms with Gasteiger partial charge in [0.15, 0.2) is 5.13 Å². The van der Waals surface area contributed by atoms with Crippen LogP contribution in [0.5, 0.6) is 0 Å². The molecule has 2 aliphatic rings. The van der Waals surface area contributed by atoms with E-state index in [4.69, 9.17) is 5.73 Å². The third kappa shape index (κ3) is 3.00. The summed E-state index contributed by atoms with van der Waals surface area (Å²) in [6.45, 7) is 2.05. The zero-order chi connectivity index (χ0) is 14.8. The second-order valence-electron chi connectivity index (χ2n) is 6.11. The molecule has 2 fully saturated rings. The number of hydrogen-bond donors (Lipinski definition) is 1. The molecule has 0 unspecified atom stereocenters. The summed E-state index contributed by atoms with van der Waals surface area (Å²) in [5.41, 5.74) is 6.01. The van der Waals surface area contributed by atoms with Gasteiger partial charge in [-0.3, -0.25) is 4.79 Å². The molecule has 0 radical (unpaired) electrons. The molecule has 0 aromatic carbocycles. The molecule has 1 aromatic rings. The highest BCUT2D eigenvalue weighted by Crippen LogP contribution is 2.32. The largest absolute Gasteiger partial charge is 0.382 e. The first-order chi connectivity index (χ1) is 10.2. The van der Waals surface area contributed by atoms with Crippen LogP contribution in [0, 0.1) is 0 Å². The van der Waals surface area contributed by atoms with Crippen LogP contribution in [0.15, 0.2) is 0 Å². The van der Waals surface area contributed by atoms with Gasteiger partial charge in [0.2, 0.25) is 0 Å². The van der Waals surface area contributed by atoms with Crippen molar-refractivity contribution in [3.8, 4) is 0 Å². The Morgan fingerprint density at radius 3 is 2.57 bits per heavy atom. The van der Waals surface area contributed by atoms with Crippen LogP contribution in [0.3, 0.4) is 0 Å². The monoisotopic (exact) mass is 308 g/mol. The molecule has 6 heteroatoms. The molecule has 5 nitrogen and oxygen atoms in total. The SMILES string of the molecule is CN(C(=O)c1sc(N2CCCCC2)nc1N)C1CCCC1. The third-order valence-corrected chi connectivity index (χ3v) is 5.78. The molecule has 0 atom stereocenters. The first-order valence-corrected chi connectivity index (χ1v) is 8.77. The number of piperidine rings is 1. The smallest absolute Gasteiger partial charge is 0.267 e. The molecule has 1 aliphatic heterocycles. The van der Waals surface area contributed by atoms with Gasteiger partial charge in [-0.25, -0.2) is 4.98 Å². The first kappa shape index (κ1) is 14.6. The van der Waals surface area contributed by atoms with Crippen LogP contribution in [0.4, 0.5) is 10.9 Å². The number of nitrogen functional groups attached to an aromatic ring is 1. The lowest BCUT2D eigenvalue weighted by Gasteiger charge is -2.26. The zero-order valence-electron chi connectivity index (χ0n) is 12.7. The summed E-state index contributed by atoms with van der Waals surface area (Å²) in [5.74, 6) is 0.440. The predicted molar refractivity (Wildman–Crippen MR) is 86.9 cm³/mol. The Labute approximate surface area is 130 Å². The van der Waals surface area contributed by atoms with E-state index in [1.54, 1.807) is 0 Å². The van der Waals surface area contributed by atoms with Gasteiger partial charge in [-0.2, -0.15) is 0 Å². The van der Waals surface area contributed by atoms with Crippen molar-refractivity contribution in [2.24, 2.45) is 0 Å². The van der Waals surface area contributed by atoms with Crippen molar-refractivity contribution in [3.05, 3.63) is 4.88 Å². The van der Waals surface area contributed by atoms with E-state index >= 15 is 0 Å². The van der Waals surface area contributed by atoms with Gasteiger partial charge in [0, 0.05) is 26.2 Å². The maximum absolute atomic E-state index is 12.6. The van der Waals surface area contributed by atoms with E-state index in [1.165, 1.54) is 43.4 Å². The maximum atomic E-state index is 12.6. The minimum atomic E-state index is 0.0418. The van der Waals surface area contributed by atoms with E-state index in [0.717, 1.165) is 31.1 Å². The summed E-state index contributed by atoms with van der Waals surface area (Å²) in [5, 5.41) is 0.912. The van der Waals surface area contributed by atoms with Gasteiger partial charge in [-0.05, 0) is 32.1 Å². The molecule has 1 amide bonds. The van der Waals surface area contributed by atoms with Gasteiger partial charge in [-0.1, -0.05) is 24.2 Å². The number of thiazole rings is 1. The highest BCUT2D eigenvalue weighted by Gasteiger charge is 2.28. The van der Waals surface area contributed by atoms with Gasteiger partial charge >= 0.3 is 0 Å². The molecular formula is C15H24N4OS. The number of anilines is 2. The molecule has 21 heavy (non-hydrogen) atoms. The Balaban J connectivity index is 1.75. The Morgan fingerprint density at radius 2 is 1.90 bits per heavy atom. The predicted octanol–water partition coefficient (Wildman–Crippen LogP) is 2.73. The number of hydrogen-bond acceptors (Lipinski definition) is 5. The van der Waals surface area contributed by atoms with E-state index in [0.29, 0.717) is 16.7 Å². The van der Waals surface area contributed by atoms with Crippen LogP contribution in [-0.2, 0) is 0 Å². The number of carbonyl (C=O) groups is 1. The molecule has 1 aromatic heterocycles. The molecule has 1 saturated heterocycles. The Hall–Kier alpha value is -1.30. The molecule has 116 valence electrons. The van der Waals surface area contributed by atoms with Crippen LogP contribution in [0.1, 0.15) is 54.6 Å². The van der Waals surface area contributed by atoms with Crippen LogP contribution < -0.4 is 10.6 Å². The van der Waals surface area contributed by atoms with Crippen LogP contribution in [0.2, 0.25) is 0 Å². The number of rotatable bonds is 3. The van der Waals surface area contributed by atoms with Crippen molar-refractivity contribution in [1.82, 2.24) is 9.88 Å². The number of nitrogens with zero attached hydrogens (tertiary/aromatic N) is 3. The van der Waals surface area contributed by atoms with Gasteiger partial charge in [0.25, 0.3) is 5.91 Å². The summed E-state index contributed by atoms with van der Waals surface area (Å²) < 4.78 is 0. The van der Waals surface area contributed by atoms with Crippen LogP contribution in [0.25, 0.3) is 0 Å². The molecular weight excluding hydrogens is 284 g/mol. The lowest BCUT2D eigenvalue weighted by atomic mass is 10.1. The van der Waals surface area contributed by atoms with Crippen LogP contribution in [-0.4, -0.2) is 42.0 Å². The van der Waals surface area contributed by atoms with Crippen LogP contribution >= 0.6 is 11.3 Å². The maximum Gasteiger partial charge on any atom is 0.267 e. The van der Waals surface area contributed by atoms with E-state index in [2.05, 4.69) is 9.88 Å². The van der Waals surface area contributed by atoms with Gasteiger partial charge in [-0.15, -0.1) is 0 Å². The zero-order valence-corrected chi connectivity index (χ0v) is 13.5. The van der Waals surface area contributed by atoms with E-state index in [-0.39, 0.29) is 5.91 Å². The summed E-state index contributed by atoms with van der Waals surface area (Å²) in [6, 6.07) is 0.373. The Morgan fingerprint density at radius 1 is 1.24 bits per heavy atom. The first-order valence-electron chi connectivity index (χ1n) is 7.95. The summed E-state index contributed by atoms with van der Waals surface area (Å²) in [6.07, 6.45) is 8.35. The van der Waals surface area contributed by atoms with Gasteiger partial charge in [0.1, 0.15) is 10.7 Å². The second kappa shape index (κ2) is 6.22. The number of carbonyl (C=O) groups excluding carboxylic acids is 1. The fourth-order valence-electron chi connectivity index (χ4n) is 3.31.